The smallest absolute Gasteiger partial charge is 0.277 e. The molecule has 2 unspecified atom stereocenters. The van der Waals surface area contributed by atoms with Crippen LogP contribution < -0.4 is 16.2 Å². The highest BCUT2D eigenvalue weighted by atomic mass is 16.4. The Balaban J connectivity index is 1.48. The Morgan fingerprint density at radius 3 is 2.81 bits per heavy atom. The van der Waals surface area contributed by atoms with Crippen LogP contribution in [0.1, 0.15) is 30.1 Å². The molecule has 0 radical (unpaired) electrons. The standard InChI is InChI=1S/C27H25N7O3/c1-16-9-21-25(27(36)33(15-31-21)14-23(28)35)34(13-19-10-18-11-29-8-7-20(18)32-19)24(16)22-12-30-26(37-22)17-5-3-2-4-6-17/h2-8,10-12,15-16,24,32H,9,13-14H2,1H3,(H2,28,35). The number of hydrogen-bond acceptors (Lipinski definition) is 7. The van der Waals surface area contributed by atoms with E-state index in [9.17, 15) is 9.59 Å². The fraction of sp³-hybridized carbons (Fsp3) is 0.222. The molecule has 6 rings (SSSR count). The Kier molecular flexibility index (Phi) is 5.56. The zero-order valence-corrected chi connectivity index (χ0v) is 20.2. The van der Waals surface area contributed by atoms with Gasteiger partial charge in [0.05, 0.1) is 30.8 Å². The maximum absolute atomic E-state index is 13.6. The molecular formula is C27H25N7O3. The van der Waals surface area contributed by atoms with Gasteiger partial charge in [0, 0.05) is 34.6 Å². The quantitative estimate of drug-likeness (QED) is 0.369. The van der Waals surface area contributed by atoms with Crippen molar-refractivity contribution in [3.05, 3.63) is 94.9 Å². The number of anilines is 1. The van der Waals surface area contributed by atoms with Gasteiger partial charge in [0.25, 0.3) is 5.56 Å². The molecule has 0 aliphatic carbocycles. The first-order valence-corrected chi connectivity index (χ1v) is 12.0. The topological polar surface area (TPSA) is 136 Å². The molecule has 0 spiro atoms. The molecule has 5 aromatic rings. The number of aromatic amines is 1. The van der Waals surface area contributed by atoms with Gasteiger partial charge in [0.2, 0.25) is 11.8 Å². The second kappa shape index (κ2) is 9.05. The van der Waals surface area contributed by atoms with Crippen molar-refractivity contribution in [2.24, 2.45) is 11.7 Å². The molecule has 3 N–H and O–H groups in total. The molecule has 10 nitrogen and oxygen atoms in total. The zero-order valence-electron chi connectivity index (χ0n) is 20.2. The van der Waals surface area contributed by atoms with Gasteiger partial charge in [-0.15, -0.1) is 0 Å². The van der Waals surface area contributed by atoms with Gasteiger partial charge < -0.3 is 20.0 Å². The van der Waals surface area contributed by atoms with Gasteiger partial charge in [-0.2, -0.15) is 0 Å². The van der Waals surface area contributed by atoms with Crippen molar-refractivity contribution in [2.45, 2.75) is 32.5 Å². The number of carbonyl (C=O) groups excluding carboxylic acids is 1. The Labute approximate surface area is 211 Å². The molecule has 10 heteroatoms. The highest BCUT2D eigenvalue weighted by molar-refractivity contribution is 5.79. The van der Waals surface area contributed by atoms with E-state index < -0.39 is 5.91 Å². The Bertz CT molecular complexity index is 1620. The van der Waals surface area contributed by atoms with Gasteiger partial charge in [0.15, 0.2) is 0 Å². The molecule has 4 aromatic heterocycles. The van der Waals surface area contributed by atoms with Crippen LogP contribution >= 0.6 is 0 Å². The van der Waals surface area contributed by atoms with Crippen molar-refractivity contribution in [3.8, 4) is 11.5 Å². The summed E-state index contributed by atoms with van der Waals surface area (Å²) in [4.78, 5) is 44.0. The summed E-state index contributed by atoms with van der Waals surface area (Å²) in [7, 11) is 0. The first-order chi connectivity index (χ1) is 18.0. The van der Waals surface area contributed by atoms with E-state index in [1.165, 1.54) is 10.9 Å². The van der Waals surface area contributed by atoms with Crippen LogP contribution in [0.3, 0.4) is 0 Å². The van der Waals surface area contributed by atoms with Crippen molar-refractivity contribution in [2.75, 3.05) is 4.90 Å². The SMILES string of the molecule is CC1Cc2ncn(CC(N)=O)c(=O)c2N(Cc2cc3cnccc3[nH]2)C1c1cnc(-c2ccccc2)o1. The first kappa shape index (κ1) is 22.7. The van der Waals surface area contributed by atoms with Crippen LogP contribution in [0.15, 0.2) is 76.6 Å². The van der Waals surface area contributed by atoms with Crippen molar-refractivity contribution in [1.29, 1.82) is 0 Å². The minimum atomic E-state index is -0.609. The lowest BCUT2D eigenvalue weighted by Gasteiger charge is -2.40. The third-order valence-electron chi connectivity index (χ3n) is 6.75. The molecule has 0 saturated carbocycles. The van der Waals surface area contributed by atoms with E-state index in [0.717, 1.165) is 22.2 Å². The molecule has 5 heterocycles. The number of pyridine rings is 1. The van der Waals surface area contributed by atoms with Gasteiger partial charge in [-0.1, -0.05) is 25.1 Å². The molecule has 0 fully saturated rings. The normalized spacial score (nSPS) is 17.2. The van der Waals surface area contributed by atoms with Gasteiger partial charge >= 0.3 is 0 Å². The van der Waals surface area contributed by atoms with Crippen LogP contribution in [0, 0.1) is 5.92 Å². The number of nitrogens with zero attached hydrogens (tertiary/aromatic N) is 5. The molecule has 0 saturated heterocycles. The monoisotopic (exact) mass is 495 g/mol. The summed E-state index contributed by atoms with van der Waals surface area (Å²) < 4.78 is 7.54. The highest BCUT2D eigenvalue weighted by Gasteiger charge is 2.38. The Morgan fingerprint density at radius 2 is 2.03 bits per heavy atom. The van der Waals surface area contributed by atoms with Crippen LogP contribution in [-0.4, -0.2) is 30.4 Å². The molecule has 1 aliphatic heterocycles. The summed E-state index contributed by atoms with van der Waals surface area (Å²) in [5.41, 5.74) is 8.91. The number of nitrogens with one attached hydrogen (secondary N) is 1. The lowest BCUT2D eigenvalue weighted by Crippen LogP contribution is -2.43. The van der Waals surface area contributed by atoms with E-state index in [4.69, 9.17) is 10.2 Å². The van der Waals surface area contributed by atoms with Crippen LogP contribution in [0.5, 0.6) is 0 Å². The predicted octanol–water partition coefficient (Wildman–Crippen LogP) is 3.20. The number of amides is 1. The third kappa shape index (κ3) is 4.16. The minimum absolute atomic E-state index is 0.0639. The fourth-order valence-corrected chi connectivity index (χ4v) is 5.14. The summed E-state index contributed by atoms with van der Waals surface area (Å²) in [5.74, 6) is 0.623. The van der Waals surface area contributed by atoms with E-state index >= 15 is 0 Å². The van der Waals surface area contributed by atoms with E-state index in [1.807, 2.05) is 47.4 Å². The first-order valence-electron chi connectivity index (χ1n) is 12.0. The molecule has 1 aliphatic rings. The summed E-state index contributed by atoms with van der Waals surface area (Å²) in [6.45, 7) is 2.25. The average molecular weight is 496 g/mol. The molecule has 0 bridgehead atoms. The maximum Gasteiger partial charge on any atom is 0.277 e. The molecule has 1 aromatic carbocycles. The Morgan fingerprint density at radius 1 is 1.19 bits per heavy atom. The van der Waals surface area contributed by atoms with E-state index in [0.29, 0.717) is 36.0 Å². The molecular weight excluding hydrogens is 470 g/mol. The number of fused-ring (bicyclic) bond motifs is 2. The number of H-pyrrole nitrogens is 1. The van der Waals surface area contributed by atoms with Crippen LogP contribution in [0.4, 0.5) is 5.69 Å². The number of carbonyl (C=O) groups is 1. The fourth-order valence-electron chi connectivity index (χ4n) is 5.14. The third-order valence-corrected chi connectivity index (χ3v) is 6.75. The number of hydrogen-bond donors (Lipinski definition) is 2. The van der Waals surface area contributed by atoms with Crippen molar-refractivity contribution < 1.29 is 9.21 Å². The minimum Gasteiger partial charge on any atom is -0.439 e. The lowest BCUT2D eigenvalue weighted by atomic mass is 9.88. The number of primary amides is 1. The maximum atomic E-state index is 13.6. The number of benzene rings is 1. The second-order valence-electron chi connectivity index (χ2n) is 9.38. The zero-order chi connectivity index (χ0) is 25.5. The number of aromatic nitrogens is 5. The lowest BCUT2D eigenvalue weighted by molar-refractivity contribution is -0.118. The van der Waals surface area contributed by atoms with E-state index in [2.05, 4.69) is 26.9 Å². The van der Waals surface area contributed by atoms with E-state index in [1.54, 1.807) is 18.6 Å². The second-order valence-corrected chi connectivity index (χ2v) is 9.38. The molecule has 186 valence electrons. The largest absolute Gasteiger partial charge is 0.439 e. The predicted molar refractivity (Wildman–Crippen MR) is 138 cm³/mol. The number of nitrogens with two attached hydrogens (primary N) is 1. The van der Waals surface area contributed by atoms with Crippen LogP contribution in [0.2, 0.25) is 0 Å². The highest BCUT2D eigenvalue weighted by Crippen LogP contribution is 2.41. The summed E-state index contributed by atoms with van der Waals surface area (Å²) in [5, 5.41) is 0.975. The molecule has 2 atom stereocenters. The van der Waals surface area contributed by atoms with E-state index in [-0.39, 0.29) is 24.1 Å². The van der Waals surface area contributed by atoms with Crippen LogP contribution in [0.25, 0.3) is 22.4 Å². The summed E-state index contributed by atoms with van der Waals surface area (Å²) >= 11 is 0. The van der Waals surface area contributed by atoms with Crippen molar-refractivity contribution in [1.82, 2.24) is 24.5 Å². The van der Waals surface area contributed by atoms with Gasteiger partial charge in [-0.25, -0.2) is 9.97 Å². The van der Waals surface area contributed by atoms with Gasteiger partial charge in [0.1, 0.15) is 18.0 Å². The Hall–Kier alpha value is -4.73. The summed E-state index contributed by atoms with van der Waals surface area (Å²) in [6.07, 6.45) is 7.23. The summed E-state index contributed by atoms with van der Waals surface area (Å²) in [6, 6.07) is 13.3. The number of rotatable bonds is 6. The molecule has 1 amide bonds. The van der Waals surface area contributed by atoms with Gasteiger partial charge in [-0.05, 0) is 36.6 Å². The van der Waals surface area contributed by atoms with Crippen LogP contribution in [-0.2, 0) is 24.3 Å². The van der Waals surface area contributed by atoms with Crippen molar-refractivity contribution in [3.63, 3.8) is 0 Å². The van der Waals surface area contributed by atoms with Crippen molar-refractivity contribution >= 4 is 22.5 Å². The number of oxazole rings is 1. The molecule has 37 heavy (non-hydrogen) atoms. The average Bonchev–Trinajstić information content (AvgIpc) is 3.53. The van der Waals surface area contributed by atoms with Gasteiger partial charge in [-0.3, -0.25) is 19.1 Å².